The SMILES string of the molecule is O=C(CSCC(=O)NC1CCCC1)NCCN1Cc2ccccc2CC1=O. The van der Waals surface area contributed by atoms with E-state index < -0.39 is 0 Å². The third-order valence-corrected chi connectivity index (χ3v) is 6.00. The number of rotatable bonds is 8. The molecule has 2 aliphatic rings. The predicted octanol–water partition coefficient (Wildman–Crippen LogP) is 1.48. The Kier molecular flexibility index (Phi) is 7.15. The first-order chi connectivity index (χ1) is 13.1. The molecule has 1 aliphatic carbocycles. The van der Waals surface area contributed by atoms with Crippen molar-refractivity contribution in [3.8, 4) is 0 Å². The van der Waals surface area contributed by atoms with Gasteiger partial charge in [0.1, 0.15) is 0 Å². The fourth-order valence-electron chi connectivity index (χ4n) is 3.61. The minimum absolute atomic E-state index is 0.0114. The third-order valence-electron chi connectivity index (χ3n) is 5.06. The van der Waals surface area contributed by atoms with Crippen LogP contribution in [0.25, 0.3) is 0 Å². The van der Waals surface area contributed by atoms with Crippen molar-refractivity contribution in [2.24, 2.45) is 0 Å². The first kappa shape index (κ1) is 19.7. The van der Waals surface area contributed by atoms with E-state index in [1.165, 1.54) is 30.2 Å². The third kappa shape index (κ3) is 5.99. The minimum Gasteiger partial charge on any atom is -0.354 e. The summed E-state index contributed by atoms with van der Waals surface area (Å²) in [5.41, 5.74) is 2.27. The molecule has 1 aliphatic heterocycles. The summed E-state index contributed by atoms with van der Waals surface area (Å²) >= 11 is 1.33. The molecule has 1 saturated carbocycles. The van der Waals surface area contributed by atoms with Gasteiger partial charge in [-0.05, 0) is 24.0 Å². The summed E-state index contributed by atoms with van der Waals surface area (Å²) in [6.45, 7) is 1.54. The zero-order valence-electron chi connectivity index (χ0n) is 15.5. The van der Waals surface area contributed by atoms with Crippen molar-refractivity contribution >= 4 is 29.5 Å². The number of hydrogen-bond acceptors (Lipinski definition) is 4. The van der Waals surface area contributed by atoms with Crippen molar-refractivity contribution in [2.75, 3.05) is 24.6 Å². The number of fused-ring (bicyclic) bond motifs is 1. The van der Waals surface area contributed by atoms with Crippen LogP contribution in [0.15, 0.2) is 24.3 Å². The van der Waals surface area contributed by atoms with E-state index in [9.17, 15) is 14.4 Å². The molecule has 0 radical (unpaired) electrons. The van der Waals surface area contributed by atoms with Crippen LogP contribution in [0.4, 0.5) is 0 Å². The number of nitrogens with zero attached hydrogens (tertiary/aromatic N) is 1. The van der Waals surface area contributed by atoms with Crippen molar-refractivity contribution in [1.29, 1.82) is 0 Å². The van der Waals surface area contributed by atoms with E-state index in [0.717, 1.165) is 18.4 Å². The average molecular weight is 390 g/mol. The number of carbonyl (C=O) groups is 3. The molecule has 27 heavy (non-hydrogen) atoms. The number of nitrogens with one attached hydrogen (secondary N) is 2. The van der Waals surface area contributed by atoms with E-state index in [0.29, 0.717) is 37.8 Å². The lowest BCUT2D eigenvalue weighted by molar-refractivity contribution is -0.132. The Morgan fingerprint density at radius 2 is 1.78 bits per heavy atom. The maximum absolute atomic E-state index is 12.2. The van der Waals surface area contributed by atoms with Crippen molar-refractivity contribution in [3.05, 3.63) is 35.4 Å². The molecular weight excluding hydrogens is 362 g/mol. The zero-order chi connectivity index (χ0) is 19.1. The molecule has 0 saturated heterocycles. The van der Waals surface area contributed by atoms with Crippen LogP contribution in [-0.4, -0.2) is 53.3 Å². The maximum atomic E-state index is 12.2. The highest BCUT2D eigenvalue weighted by Gasteiger charge is 2.22. The molecule has 7 heteroatoms. The first-order valence-electron chi connectivity index (χ1n) is 9.60. The van der Waals surface area contributed by atoms with Crippen LogP contribution in [0.5, 0.6) is 0 Å². The summed E-state index contributed by atoms with van der Waals surface area (Å²) in [6.07, 6.45) is 4.93. The molecular formula is C20H27N3O3S. The van der Waals surface area contributed by atoms with Crippen molar-refractivity contribution in [2.45, 2.75) is 44.7 Å². The van der Waals surface area contributed by atoms with Crippen molar-refractivity contribution < 1.29 is 14.4 Å². The highest BCUT2D eigenvalue weighted by Crippen LogP contribution is 2.19. The smallest absolute Gasteiger partial charge is 0.230 e. The van der Waals surface area contributed by atoms with Crippen LogP contribution in [0.1, 0.15) is 36.8 Å². The van der Waals surface area contributed by atoms with E-state index in [2.05, 4.69) is 10.6 Å². The molecule has 1 fully saturated rings. The molecule has 3 rings (SSSR count). The highest BCUT2D eigenvalue weighted by molar-refractivity contribution is 8.00. The number of amides is 3. The zero-order valence-corrected chi connectivity index (χ0v) is 16.4. The minimum atomic E-state index is -0.0986. The first-order valence-corrected chi connectivity index (χ1v) is 10.8. The average Bonchev–Trinajstić information content (AvgIpc) is 3.15. The lowest BCUT2D eigenvalue weighted by Gasteiger charge is -2.28. The number of thioether (sulfide) groups is 1. The highest BCUT2D eigenvalue weighted by atomic mass is 32.2. The van der Waals surface area contributed by atoms with E-state index in [4.69, 9.17) is 0 Å². The predicted molar refractivity (Wildman–Crippen MR) is 106 cm³/mol. The van der Waals surface area contributed by atoms with E-state index in [1.807, 2.05) is 24.3 Å². The van der Waals surface area contributed by atoms with Crippen molar-refractivity contribution in [1.82, 2.24) is 15.5 Å². The van der Waals surface area contributed by atoms with Crippen LogP contribution >= 0.6 is 11.8 Å². The Labute approximate surface area is 164 Å². The second-order valence-electron chi connectivity index (χ2n) is 7.15. The van der Waals surface area contributed by atoms with Gasteiger partial charge >= 0.3 is 0 Å². The van der Waals surface area contributed by atoms with Crippen LogP contribution in [0.3, 0.4) is 0 Å². The topological polar surface area (TPSA) is 78.5 Å². The summed E-state index contributed by atoms with van der Waals surface area (Å²) in [5.74, 6) is 0.580. The van der Waals surface area contributed by atoms with Gasteiger partial charge in [-0.1, -0.05) is 37.1 Å². The van der Waals surface area contributed by atoms with E-state index in [1.54, 1.807) is 4.90 Å². The van der Waals surface area contributed by atoms with Gasteiger partial charge in [0.25, 0.3) is 0 Å². The second-order valence-corrected chi connectivity index (χ2v) is 8.14. The summed E-state index contributed by atoms with van der Waals surface area (Å²) in [7, 11) is 0. The lowest BCUT2D eigenvalue weighted by Crippen LogP contribution is -2.41. The van der Waals surface area contributed by atoms with Gasteiger partial charge in [-0.15, -0.1) is 11.8 Å². The second kappa shape index (κ2) is 9.78. The Morgan fingerprint density at radius 3 is 2.56 bits per heavy atom. The Morgan fingerprint density at radius 1 is 1.07 bits per heavy atom. The maximum Gasteiger partial charge on any atom is 0.230 e. The normalized spacial score (nSPS) is 16.9. The van der Waals surface area contributed by atoms with Gasteiger partial charge in [0.2, 0.25) is 17.7 Å². The summed E-state index contributed by atoms with van der Waals surface area (Å²) in [4.78, 5) is 37.7. The summed E-state index contributed by atoms with van der Waals surface area (Å²) < 4.78 is 0. The van der Waals surface area contributed by atoms with Gasteiger partial charge in [-0.25, -0.2) is 0 Å². The molecule has 146 valence electrons. The molecule has 1 heterocycles. The lowest BCUT2D eigenvalue weighted by atomic mass is 9.99. The van der Waals surface area contributed by atoms with Crippen LogP contribution in [0, 0.1) is 0 Å². The Bertz CT molecular complexity index is 689. The largest absolute Gasteiger partial charge is 0.354 e. The van der Waals surface area contributed by atoms with Gasteiger partial charge in [0.15, 0.2) is 0 Å². The quantitative estimate of drug-likeness (QED) is 0.706. The number of hydrogen-bond donors (Lipinski definition) is 2. The monoisotopic (exact) mass is 389 g/mol. The Balaban J connectivity index is 1.29. The molecule has 2 N–H and O–H groups in total. The molecule has 1 aromatic rings. The summed E-state index contributed by atoms with van der Waals surface area (Å²) in [5, 5.41) is 5.85. The molecule has 0 aromatic heterocycles. The fraction of sp³-hybridized carbons (Fsp3) is 0.550. The molecule has 0 atom stereocenters. The van der Waals surface area contributed by atoms with Gasteiger partial charge in [-0.3, -0.25) is 14.4 Å². The van der Waals surface area contributed by atoms with Crippen molar-refractivity contribution in [3.63, 3.8) is 0 Å². The summed E-state index contributed by atoms with van der Waals surface area (Å²) in [6, 6.07) is 8.29. The van der Waals surface area contributed by atoms with Crippen LogP contribution in [0.2, 0.25) is 0 Å². The molecule has 3 amide bonds. The van der Waals surface area contributed by atoms with Gasteiger partial charge in [-0.2, -0.15) is 0 Å². The van der Waals surface area contributed by atoms with Gasteiger partial charge < -0.3 is 15.5 Å². The van der Waals surface area contributed by atoms with E-state index in [-0.39, 0.29) is 23.5 Å². The van der Waals surface area contributed by atoms with Crippen LogP contribution < -0.4 is 10.6 Å². The van der Waals surface area contributed by atoms with E-state index >= 15 is 0 Å². The number of benzene rings is 1. The molecule has 0 bridgehead atoms. The molecule has 6 nitrogen and oxygen atoms in total. The number of carbonyl (C=O) groups excluding carboxylic acids is 3. The molecule has 1 aromatic carbocycles. The molecule has 0 spiro atoms. The Hall–Kier alpha value is -2.02. The van der Waals surface area contributed by atoms with Crippen LogP contribution in [-0.2, 0) is 27.3 Å². The molecule has 0 unspecified atom stereocenters. The standard InChI is InChI=1S/C20H27N3O3S/c24-18(13-27-14-19(25)22-17-7-3-4-8-17)21-9-10-23-12-16-6-2-1-5-15(16)11-20(23)26/h1-2,5-6,17H,3-4,7-14H2,(H,21,24)(H,22,25). The van der Waals surface area contributed by atoms with Gasteiger partial charge in [0, 0.05) is 25.7 Å². The van der Waals surface area contributed by atoms with Gasteiger partial charge in [0.05, 0.1) is 17.9 Å². The fourth-order valence-corrected chi connectivity index (χ4v) is 4.27.